The predicted molar refractivity (Wildman–Crippen MR) is 71.8 cm³/mol. The predicted octanol–water partition coefficient (Wildman–Crippen LogP) is 0.106. The zero-order chi connectivity index (χ0) is 13.2. The highest BCUT2D eigenvalue weighted by atomic mass is 32.2. The second kappa shape index (κ2) is 4.83. The maximum Gasteiger partial charge on any atom is 0.213 e. The van der Waals surface area contributed by atoms with Crippen LogP contribution in [0.5, 0.6) is 0 Å². The molecule has 0 aliphatic heterocycles. The maximum absolute atomic E-state index is 11.2. The summed E-state index contributed by atoms with van der Waals surface area (Å²) in [7, 11) is -1.82. The molecular weight excluding hydrogens is 254 g/mol. The van der Waals surface area contributed by atoms with Gasteiger partial charge in [-0.1, -0.05) is 0 Å². The lowest BCUT2D eigenvalue weighted by molar-refractivity contribution is 0.588. The summed E-state index contributed by atoms with van der Waals surface area (Å²) in [6.45, 7) is 0.285. The molecule has 5 N–H and O–H groups in total. The number of hydrogen-bond donors (Lipinski definition) is 4. The van der Waals surface area contributed by atoms with E-state index < -0.39 is 10.0 Å². The van der Waals surface area contributed by atoms with Crippen LogP contribution in [0.25, 0.3) is 10.9 Å². The Kier molecular flexibility index (Phi) is 3.39. The number of nitrogens with two attached hydrogens (primary N) is 1. The summed E-state index contributed by atoms with van der Waals surface area (Å²) in [5, 5.41) is 10.6. The lowest BCUT2D eigenvalue weighted by Crippen LogP contribution is -2.26. The normalized spacial score (nSPS) is 11.8. The Labute approximate surface area is 105 Å². The van der Waals surface area contributed by atoms with Gasteiger partial charge in [-0.05, 0) is 19.2 Å². The van der Waals surface area contributed by atoms with Crippen molar-refractivity contribution in [2.45, 2.75) is 0 Å². The summed E-state index contributed by atoms with van der Waals surface area (Å²) in [6, 6.07) is 3.59. The lowest BCUT2D eigenvalue weighted by Gasteiger charge is -2.09. The average molecular weight is 269 g/mol. The quantitative estimate of drug-likeness (QED) is 0.575. The van der Waals surface area contributed by atoms with E-state index in [1.165, 1.54) is 7.05 Å². The number of aromatic nitrogens is 2. The molecule has 98 valence electrons. The third-order valence-electron chi connectivity index (χ3n) is 2.61. The Hall–Kier alpha value is -1.80. The van der Waals surface area contributed by atoms with E-state index in [9.17, 15) is 8.42 Å². The Morgan fingerprint density at radius 2 is 2.22 bits per heavy atom. The third kappa shape index (κ3) is 2.71. The number of H-pyrrole nitrogens is 1. The van der Waals surface area contributed by atoms with E-state index in [4.69, 9.17) is 5.73 Å². The van der Waals surface area contributed by atoms with Crippen molar-refractivity contribution in [3.63, 3.8) is 0 Å². The summed E-state index contributed by atoms with van der Waals surface area (Å²) >= 11 is 0. The highest BCUT2D eigenvalue weighted by Gasteiger charge is 2.07. The summed E-state index contributed by atoms with van der Waals surface area (Å²) in [4.78, 5) is 0. The molecule has 0 radical (unpaired) electrons. The number of fused-ring (bicyclic) bond motifs is 1. The zero-order valence-corrected chi connectivity index (χ0v) is 10.7. The van der Waals surface area contributed by atoms with Gasteiger partial charge in [0, 0.05) is 11.9 Å². The summed E-state index contributed by atoms with van der Waals surface area (Å²) in [5.41, 5.74) is 7.96. The number of nitrogens with one attached hydrogen (secondary N) is 3. The van der Waals surface area contributed by atoms with Crippen LogP contribution >= 0.6 is 0 Å². The molecule has 7 nitrogen and oxygen atoms in total. The van der Waals surface area contributed by atoms with E-state index >= 15 is 0 Å². The lowest BCUT2D eigenvalue weighted by atomic mass is 10.2. The fourth-order valence-corrected chi connectivity index (χ4v) is 2.16. The molecule has 0 fully saturated rings. The van der Waals surface area contributed by atoms with E-state index in [2.05, 4.69) is 20.2 Å². The molecule has 0 amide bonds. The van der Waals surface area contributed by atoms with Crippen LogP contribution in [-0.2, 0) is 10.0 Å². The van der Waals surface area contributed by atoms with Crippen molar-refractivity contribution in [1.82, 2.24) is 14.9 Å². The molecule has 2 aromatic rings. The number of benzene rings is 1. The molecule has 0 aliphatic carbocycles. The molecule has 1 aromatic carbocycles. The number of hydrogen-bond acceptors (Lipinski definition) is 5. The van der Waals surface area contributed by atoms with Gasteiger partial charge in [0.1, 0.15) is 0 Å². The van der Waals surface area contributed by atoms with Gasteiger partial charge in [-0.25, -0.2) is 13.1 Å². The van der Waals surface area contributed by atoms with Gasteiger partial charge in [-0.2, -0.15) is 5.10 Å². The molecule has 0 unspecified atom stereocenters. The topological polar surface area (TPSA) is 113 Å². The van der Waals surface area contributed by atoms with Crippen molar-refractivity contribution >= 4 is 32.3 Å². The van der Waals surface area contributed by atoms with E-state index in [0.29, 0.717) is 11.4 Å². The second-order valence-electron chi connectivity index (χ2n) is 3.85. The molecule has 2 rings (SSSR count). The van der Waals surface area contributed by atoms with Crippen LogP contribution in [0.1, 0.15) is 0 Å². The average Bonchev–Trinajstić information content (AvgIpc) is 2.76. The van der Waals surface area contributed by atoms with Crippen LogP contribution in [-0.4, -0.2) is 38.0 Å². The Bertz CT molecular complexity index is 649. The summed E-state index contributed by atoms with van der Waals surface area (Å²) < 4.78 is 24.7. The van der Waals surface area contributed by atoms with Crippen molar-refractivity contribution in [2.75, 3.05) is 30.4 Å². The van der Waals surface area contributed by atoms with Crippen molar-refractivity contribution in [3.8, 4) is 0 Å². The Balaban J connectivity index is 2.09. The van der Waals surface area contributed by atoms with Gasteiger partial charge in [0.2, 0.25) is 10.0 Å². The zero-order valence-electron chi connectivity index (χ0n) is 9.90. The maximum atomic E-state index is 11.2. The van der Waals surface area contributed by atoms with Gasteiger partial charge < -0.3 is 11.1 Å². The first-order chi connectivity index (χ1) is 8.52. The largest absolute Gasteiger partial charge is 0.397 e. The molecule has 0 saturated carbocycles. The fraction of sp³-hybridized carbons (Fsp3) is 0.300. The van der Waals surface area contributed by atoms with Crippen LogP contribution in [0, 0.1) is 0 Å². The number of nitrogens with zero attached hydrogens (tertiary/aromatic N) is 1. The highest BCUT2D eigenvalue weighted by molar-refractivity contribution is 7.89. The monoisotopic (exact) mass is 269 g/mol. The third-order valence-corrected chi connectivity index (χ3v) is 3.97. The van der Waals surface area contributed by atoms with Crippen LogP contribution in [0.4, 0.5) is 11.4 Å². The molecule has 18 heavy (non-hydrogen) atoms. The number of nitrogen functional groups attached to an aromatic ring is 1. The summed E-state index contributed by atoms with van der Waals surface area (Å²) in [5.74, 6) is -0.00997. The van der Waals surface area contributed by atoms with Crippen molar-refractivity contribution in [2.24, 2.45) is 0 Å². The van der Waals surface area contributed by atoms with E-state index in [1.54, 1.807) is 12.3 Å². The highest BCUT2D eigenvalue weighted by Crippen LogP contribution is 2.24. The minimum Gasteiger partial charge on any atom is -0.397 e. The van der Waals surface area contributed by atoms with E-state index in [0.717, 1.165) is 10.9 Å². The molecule has 1 aromatic heterocycles. The molecule has 0 bridgehead atoms. The van der Waals surface area contributed by atoms with Gasteiger partial charge in [0.15, 0.2) is 0 Å². The van der Waals surface area contributed by atoms with Gasteiger partial charge in [0.25, 0.3) is 0 Å². The van der Waals surface area contributed by atoms with E-state index in [-0.39, 0.29) is 12.3 Å². The van der Waals surface area contributed by atoms with Crippen molar-refractivity contribution in [1.29, 1.82) is 0 Å². The minimum atomic E-state index is -3.21. The van der Waals surface area contributed by atoms with Crippen LogP contribution in [0.3, 0.4) is 0 Å². The van der Waals surface area contributed by atoms with Crippen LogP contribution in [0.15, 0.2) is 18.3 Å². The van der Waals surface area contributed by atoms with Crippen molar-refractivity contribution < 1.29 is 8.42 Å². The number of aromatic amines is 1. The molecule has 0 saturated heterocycles. The van der Waals surface area contributed by atoms with Gasteiger partial charge in [0.05, 0.1) is 28.8 Å². The van der Waals surface area contributed by atoms with Gasteiger partial charge in [-0.3, -0.25) is 5.10 Å². The molecule has 1 heterocycles. The Morgan fingerprint density at radius 3 is 2.94 bits per heavy atom. The standard InChI is InChI=1S/C10H15N5O2S/c1-12-18(16,17)3-2-13-10-5-9-7(4-8(10)11)6-14-15-9/h4-6,12-13H,2-3,11H2,1H3,(H,14,15). The second-order valence-corrected chi connectivity index (χ2v) is 5.89. The molecular formula is C10H15N5O2S. The van der Waals surface area contributed by atoms with E-state index in [1.807, 2.05) is 6.07 Å². The minimum absolute atomic E-state index is 0.00997. The molecule has 0 spiro atoms. The Morgan fingerprint density at radius 1 is 1.44 bits per heavy atom. The number of anilines is 2. The number of rotatable bonds is 5. The molecule has 0 atom stereocenters. The van der Waals surface area contributed by atoms with Gasteiger partial charge in [-0.15, -0.1) is 0 Å². The first-order valence-electron chi connectivity index (χ1n) is 5.39. The SMILES string of the molecule is CNS(=O)(=O)CCNc1cc2[nH]ncc2cc1N. The van der Waals surface area contributed by atoms with Crippen molar-refractivity contribution in [3.05, 3.63) is 18.3 Å². The fourth-order valence-electron chi connectivity index (χ4n) is 1.58. The van der Waals surface area contributed by atoms with Crippen LogP contribution < -0.4 is 15.8 Å². The van der Waals surface area contributed by atoms with Gasteiger partial charge >= 0.3 is 0 Å². The smallest absolute Gasteiger partial charge is 0.213 e. The molecule has 0 aliphatic rings. The first kappa shape index (κ1) is 12.7. The molecule has 8 heteroatoms. The first-order valence-corrected chi connectivity index (χ1v) is 7.05. The summed E-state index contributed by atoms with van der Waals surface area (Å²) in [6.07, 6.45) is 1.68. The number of sulfonamides is 1. The van der Waals surface area contributed by atoms with Crippen LogP contribution in [0.2, 0.25) is 0 Å².